The zero-order valence-electron chi connectivity index (χ0n) is 18.8. The van der Waals surface area contributed by atoms with Gasteiger partial charge < -0.3 is 4.74 Å². The van der Waals surface area contributed by atoms with E-state index in [1.54, 1.807) is 7.11 Å². The second-order valence-electron chi connectivity index (χ2n) is 4.73. The number of halogens is 2. The molecular weight excluding hydrogens is 342 g/mol. The SMILES string of the molecule is CC.CC.CC.CCCc1cccc(OC)c1.CCc1cc(F)cc(F)c1. The van der Waals surface area contributed by atoms with Gasteiger partial charge in [-0.2, -0.15) is 0 Å². The Balaban J connectivity index is -0.000000335. The highest BCUT2D eigenvalue weighted by Crippen LogP contribution is 2.13. The van der Waals surface area contributed by atoms with Gasteiger partial charge in [0.1, 0.15) is 17.4 Å². The van der Waals surface area contributed by atoms with Crippen LogP contribution in [0.15, 0.2) is 42.5 Å². The predicted molar refractivity (Wildman–Crippen MR) is 117 cm³/mol. The fourth-order valence-electron chi connectivity index (χ4n) is 1.93. The van der Waals surface area contributed by atoms with Gasteiger partial charge in [-0.25, -0.2) is 8.78 Å². The average Bonchev–Trinajstić information content (AvgIpc) is 2.72. The normalized spacial score (nSPS) is 8.26. The molecule has 0 spiro atoms. The molecule has 0 heterocycles. The van der Waals surface area contributed by atoms with Gasteiger partial charge in [-0.05, 0) is 48.2 Å². The number of rotatable bonds is 4. The average molecular weight is 383 g/mol. The molecule has 27 heavy (non-hydrogen) atoms. The van der Waals surface area contributed by atoms with E-state index in [2.05, 4.69) is 19.1 Å². The number of hydrogen-bond donors (Lipinski definition) is 0. The van der Waals surface area contributed by atoms with Gasteiger partial charge in [0.05, 0.1) is 7.11 Å². The van der Waals surface area contributed by atoms with E-state index < -0.39 is 11.6 Å². The zero-order chi connectivity index (χ0) is 21.7. The van der Waals surface area contributed by atoms with Crippen LogP contribution in [-0.2, 0) is 12.8 Å². The highest BCUT2D eigenvalue weighted by molar-refractivity contribution is 5.28. The Bertz CT molecular complexity index is 534. The van der Waals surface area contributed by atoms with Crippen LogP contribution in [0.3, 0.4) is 0 Å². The Morgan fingerprint density at radius 1 is 0.741 bits per heavy atom. The summed E-state index contributed by atoms with van der Waals surface area (Å²) < 4.78 is 29.9. The van der Waals surface area contributed by atoms with Crippen LogP contribution in [0.4, 0.5) is 8.78 Å². The molecule has 2 rings (SSSR count). The molecule has 0 saturated heterocycles. The quantitative estimate of drug-likeness (QED) is 0.517. The molecule has 0 aromatic heterocycles. The monoisotopic (exact) mass is 382 g/mol. The predicted octanol–water partition coefficient (Wildman–Crippen LogP) is 8.25. The Labute approximate surface area is 166 Å². The second-order valence-corrected chi connectivity index (χ2v) is 4.73. The van der Waals surface area contributed by atoms with Crippen LogP contribution in [-0.4, -0.2) is 7.11 Å². The third kappa shape index (κ3) is 16.0. The molecule has 0 unspecified atom stereocenters. The Morgan fingerprint density at radius 3 is 1.67 bits per heavy atom. The van der Waals surface area contributed by atoms with Gasteiger partial charge >= 0.3 is 0 Å². The van der Waals surface area contributed by atoms with Gasteiger partial charge in [-0.1, -0.05) is 73.9 Å². The lowest BCUT2D eigenvalue weighted by atomic mass is 10.1. The van der Waals surface area contributed by atoms with Gasteiger partial charge in [-0.3, -0.25) is 0 Å². The van der Waals surface area contributed by atoms with Crippen molar-refractivity contribution in [3.05, 3.63) is 65.2 Å². The molecular formula is C24H40F2O. The van der Waals surface area contributed by atoms with Crippen molar-refractivity contribution in [2.75, 3.05) is 7.11 Å². The molecule has 2 aromatic carbocycles. The van der Waals surface area contributed by atoms with E-state index >= 15 is 0 Å². The summed E-state index contributed by atoms with van der Waals surface area (Å²) in [6.07, 6.45) is 2.99. The molecule has 0 bridgehead atoms. The van der Waals surface area contributed by atoms with Crippen molar-refractivity contribution >= 4 is 0 Å². The number of aryl methyl sites for hydroxylation is 2. The molecule has 0 atom stereocenters. The maximum absolute atomic E-state index is 12.4. The van der Waals surface area contributed by atoms with Crippen LogP contribution < -0.4 is 4.74 Å². The van der Waals surface area contributed by atoms with Gasteiger partial charge in [0.15, 0.2) is 0 Å². The van der Waals surface area contributed by atoms with Crippen molar-refractivity contribution in [1.29, 1.82) is 0 Å². The maximum Gasteiger partial charge on any atom is 0.126 e. The summed E-state index contributed by atoms with van der Waals surface area (Å²) in [6.45, 7) is 16.0. The molecule has 0 aliphatic heterocycles. The van der Waals surface area contributed by atoms with Crippen molar-refractivity contribution in [2.45, 2.75) is 74.7 Å². The van der Waals surface area contributed by atoms with Crippen molar-refractivity contribution in [3.63, 3.8) is 0 Å². The minimum Gasteiger partial charge on any atom is -0.497 e. The summed E-state index contributed by atoms with van der Waals surface area (Å²) in [5.74, 6) is -0.0512. The standard InChI is InChI=1S/C10H14O.C8H8F2.3C2H6/c1-3-5-9-6-4-7-10(8-9)11-2;1-2-6-3-7(9)5-8(10)4-6;3*1-2/h4,6-8H,3,5H2,1-2H3;3-5H,2H2,1H3;3*1-2H3. The summed E-state index contributed by atoms with van der Waals surface area (Å²) in [4.78, 5) is 0. The summed E-state index contributed by atoms with van der Waals surface area (Å²) in [5.41, 5.74) is 2.05. The first kappa shape index (κ1) is 29.8. The van der Waals surface area contributed by atoms with Crippen LogP contribution in [0.2, 0.25) is 0 Å². The molecule has 0 amide bonds. The lowest BCUT2D eigenvalue weighted by molar-refractivity contribution is 0.414. The molecule has 0 fully saturated rings. The summed E-state index contributed by atoms with van der Waals surface area (Å²) in [7, 11) is 1.70. The van der Waals surface area contributed by atoms with E-state index in [0.29, 0.717) is 12.0 Å². The van der Waals surface area contributed by atoms with Crippen LogP contribution >= 0.6 is 0 Å². The molecule has 156 valence electrons. The zero-order valence-corrected chi connectivity index (χ0v) is 18.8. The highest BCUT2D eigenvalue weighted by Gasteiger charge is 1.96. The van der Waals surface area contributed by atoms with E-state index in [4.69, 9.17) is 4.74 Å². The topological polar surface area (TPSA) is 9.23 Å². The minimum atomic E-state index is -0.503. The molecule has 0 aliphatic carbocycles. The fraction of sp³-hybridized carbons (Fsp3) is 0.500. The van der Waals surface area contributed by atoms with E-state index in [0.717, 1.165) is 18.2 Å². The minimum absolute atomic E-state index is 0.503. The van der Waals surface area contributed by atoms with E-state index in [1.807, 2.05) is 60.6 Å². The lowest BCUT2D eigenvalue weighted by Crippen LogP contribution is -1.86. The summed E-state index contributed by atoms with van der Waals surface area (Å²) in [6, 6.07) is 11.8. The third-order valence-electron chi connectivity index (χ3n) is 3.00. The highest BCUT2D eigenvalue weighted by atomic mass is 19.1. The Morgan fingerprint density at radius 2 is 1.26 bits per heavy atom. The Hall–Kier alpha value is -1.90. The smallest absolute Gasteiger partial charge is 0.126 e. The van der Waals surface area contributed by atoms with Gasteiger partial charge in [0, 0.05) is 6.07 Å². The van der Waals surface area contributed by atoms with Crippen molar-refractivity contribution in [2.24, 2.45) is 0 Å². The largest absolute Gasteiger partial charge is 0.497 e. The van der Waals surface area contributed by atoms with Crippen LogP contribution in [0.5, 0.6) is 5.75 Å². The van der Waals surface area contributed by atoms with E-state index in [9.17, 15) is 8.78 Å². The van der Waals surface area contributed by atoms with Crippen molar-refractivity contribution in [3.8, 4) is 5.75 Å². The molecule has 1 nitrogen and oxygen atoms in total. The summed E-state index contributed by atoms with van der Waals surface area (Å²) in [5, 5.41) is 0. The first-order valence-electron chi connectivity index (χ1n) is 10.2. The fourth-order valence-corrected chi connectivity index (χ4v) is 1.93. The molecule has 0 radical (unpaired) electrons. The van der Waals surface area contributed by atoms with Crippen LogP contribution in [0.25, 0.3) is 0 Å². The molecule has 0 aliphatic rings. The number of methoxy groups -OCH3 is 1. The van der Waals surface area contributed by atoms with E-state index in [1.165, 1.54) is 24.1 Å². The van der Waals surface area contributed by atoms with Crippen molar-refractivity contribution < 1.29 is 13.5 Å². The molecule has 3 heteroatoms. The van der Waals surface area contributed by atoms with Crippen LogP contribution in [0, 0.1) is 11.6 Å². The van der Waals surface area contributed by atoms with E-state index in [-0.39, 0.29) is 0 Å². The van der Waals surface area contributed by atoms with Crippen molar-refractivity contribution in [1.82, 2.24) is 0 Å². The summed E-state index contributed by atoms with van der Waals surface area (Å²) >= 11 is 0. The van der Waals surface area contributed by atoms with Crippen LogP contribution in [0.1, 0.15) is 72.9 Å². The number of benzene rings is 2. The lowest BCUT2D eigenvalue weighted by Gasteiger charge is -2.01. The second kappa shape index (κ2) is 22.1. The molecule has 0 N–H and O–H groups in total. The van der Waals surface area contributed by atoms with Gasteiger partial charge in [0.25, 0.3) is 0 Å². The van der Waals surface area contributed by atoms with Gasteiger partial charge in [0.2, 0.25) is 0 Å². The molecule has 2 aromatic rings. The maximum atomic E-state index is 12.4. The van der Waals surface area contributed by atoms with Gasteiger partial charge in [-0.15, -0.1) is 0 Å². The third-order valence-corrected chi connectivity index (χ3v) is 3.00. The Kier molecular flexibility index (Phi) is 24.5. The molecule has 0 saturated carbocycles. The number of ether oxygens (including phenoxy) is 1. The first-order valence-corrected chi connectivity index (χ1v) is 10.2. The first-order chi connectivity index (χ1) is 13.1. The number of hydrogen-bond acceptors (Lipinski definition) is 1.